The van der Waals surface area contributed by atoms with Crippen LogP contribution in [0.1, 0.15) is 0 Å². The summed E-state index contributed by atoms with van der Waals surface area (Å²) in [7, 11) is -3.57. The Kier molecular flexibility index (Phi) is 5.42. The fraction of sp³-hybridized carbons (Fsp3) is 0.417. The van der Waals surface area contributed by atoms with Gasteiger partial charge in [-0.05, 0) is 34.1 Å². The van der Waals surface area contributed by atoms with Gasteiger partial charge in [0.05, 0.1) is 11.4 Å². The van der Waals surface area contributed by atoms with Gasteiger partial charge in [0.15, 0.2) is 0 Å². The van der Waals surface area contributed by atoms with Crippen LogP contribution in [0, 0.1) is 0 Å². The van der Waals surface area contributed by atoms with Gasteiger partial charge in [0.25, 0.3) is 0 Å². The number of rotatable bonds is 4. The second-order valence-corrected chi connectivity index (χ2v) is 8.33. The predicted octanol–water partition coefficient (Wildman–Crippen LogP) is 1.60. The van der Waals surface area contributed by atoms with Gasteiger partial charge in [0.2, 0.25) is 10.0 Å². The minimum atomic E-state index is -3.57. The molecule has 0 unspecified atom stereocenters. The van der Waals surface area contributed by atoms with E-state index in [9.17, 15) is 13.2 Å². The zero-order valence-electron chi connectivity index (χ0n) is 11.0. The second-order valence-electron chi connectivity index (χ2n) is 4.65. The van der Waals surface area contributed by atoms with Crippen LogP contribution in [0.5, 0.6) is 0 Å². The minimum absolute atomic E-state index is 0.0597. The highest BCUT2D eigenvalue weighted by Gasteiger charge is 2.30. The van der Waals surface area contributed by atoms with Crippen molar-refractivity contribution in [1.82, 2.24) is 9.21 Å². The van der Waals surface area contributed by atoms with Crippen LogP contribution >= 0.6 is 31.9 Å². The molecule has 0 aromatic heterocycles. The monoisotopic (exact) mass is 440 g/mol. The van der Waals surface area contributed by atoms with E-state index >= 15 is 0 Å². The summed E-state index contributed by atoms with van der Waals surface area (Å²) in [5.41, 5.74) is 0. The van der Waals surface area contributed by atoms with Gasteiger partial charge in [-0.25, -0.2) is 8.42 Å². The first-order valence-electron chi connectivity index (χ1n) is 6.20. The van der Waals surface area contributed by atoms with Crippen molar-refractivity contribution in [2.75, 3.05) is 32.7 Å². The average Bonchev–Trinajstić information content (AvgIpc) is 2.38. The van der Waals surface area contributed by atoms with E-state index in [1.807, 2.05) is 0 Å². The molecule has 1 aliphatic heterocycles. The van der Waals surface area contributed by atoms with Gasteiger partial charge < -0.3 is 5.11 Å². The van der Waals surface area contributed by atoms with Crippen molar-refractivity contribution in [2.45, 2.75) is 4.90 Å². The molecule has 0 bridgehead atoms. The lowest BCUT2D eigenvalue weighted by atomic mass is 10.3. The maximum absolute atomic E-state index is 12.6. The number of nitrogens with zero attached hydrogens (tertiary/aromatic N) is 2. The number of aliphatic carboxylic acids is 1. The third-order valence-corrected chi connectivity index (χ3v) is 6.57. The molecular weight excluding hydrogens is 428 g/mol. The van der Waals surface area contributed by atoms with Crippen LogP contribution in [0.2, 0.25) is 0 Å². The normalized spacial score (nSPS) is 17.8. The summed E-state index contributed by atoms with van der Waals surface area (Å²) in [6.07, 6.45) is 0. The topological polar surface area (TPSA) is 77.9 Å². The van der Waals surface area contributed by atoms with E-state index in [2.05, 4.69) is 31.9 Å². The number of carboxylic acid groups (broad SMARTS) is 1. The van der Waals surface area contributed by atoms with Crippen molar-refractivity contribution in [3.05, 3.63) is 27.1 Å². The average molecular weight is 442 g/mol. The van der Waals surface area contributed by atoms with Gasteiger partial charge in [0, 0.05) is 35.1 Å². The largest absolute Gasteiger partial charge is 0.480 e. The Morgan fingerprint density at radius 2 is 1.81 bits per heavy atom. The van der Waals surface area contributed by atoms with E-state index < -0.39 is 16.0 Å². The lowest BCUT2D eigenvalue weighted by molar-refractivity contribution is -0.138. The molecule has 9 heteroatoms. The maximum atomic E-state index is 12.6. The molecule has 1 saturated heterocycles. The van der Waals surface area contributed by atoms with Crippen LogP contribution in [0.3, 0.4) is 0 Å². The highest BCUT2D eigenvalue weighted by atomic mass is 79.9. The molecule has 0 spiro atoms. The molecular formula is C12H14Br2N2O4S. The quantitative estimate of drug-likeness (QED) is 0.767. The molecule has 0 amide bonds. The maximum Gasteiger partial charge on any atom is 0.317 e. The summed E-state index contributed by atoms with van der Waals surface area (Å²) < 4.78 is 27.9. The fourth-order valence-electron chi connectivity index (χ4n) is 2.14. The van der Waals surface area contributed by atoms with E-state index in [1.54, 1.807) is 23.1 Å². The number of piperazine rings is 1. The molecule has 6 nitrogen and oxygen atoms in total. The summed E-state index contributed by atoms with van der Waals surface area (Å²) in [6.45, 7) is 1.35. The zero-order chi connectivity index (χ0) is 15.6. The number of hydrogen-bond acceptors (Lipinski definition) is 4. The lowest BCUT2D eigenvalue weighted by Gasteiger charge is -2.33. The van der Waals surface area contributed by atoms with E-state index in [1.165, 1.54) is 4.31 Å². The molecule has 1 fully saturated rings. The van der Waals surface area contributed by atoms with Gasteiger partial charge in [0.1, 0.15) is 0 Å². The van der Waals surface area contributed by atoms with Crippen molar-refractivity contribution in [1.29, 1.82) is 0 Å². The molecule has 0 radical (unpaired) electrons. The summed E-state index contributed by atoms with van der Waals surface area (Å²) >= 11 is 6.56. The number of carbonyl (C=O) groups is 1. The van der Waals surface area contributed by atoms with Crippen LogP contribution in [0.25, 0.3) is 0 Å². The molecule has 1 aliphatic rings. The summed E-state index contributed by atoms with van der Waals surface area (Å²) in [5.74, 6) is -0.901. The standard InChI is InChI=1S/C12H14Br2N2O4S/c13-9-1-2-11(10(14)7-9)21(19,20)16-5-3-15(4-6-16)8-12(17)18/h1-2,7H,3-6,8H2,(H,17,18). The van der Waals surface area contributed by atoms with Gasteiger partial charge in [-0.15, -0.1) is 0 Å². The van der Waals surface area contributed by atoms with Crippen molar-refractivity contribution in [2.24, 2.45) is 0 Å². The lowest BCUT2D eigenvalue weighted by Crippen LogP contribution is -2.49. The molecule has 2 rings (SSSR count). The van der Waals surface area contributed by atoms with Gasteiger partial charge in [-0.3, -0.25) is 9.69 Å². The molecule has 0 atom stereocenters. The Bertz CT molecular complexity index is 643. The fourth-order valence-corrected chi connectivity index (χ4v) is 5.27. The third-order valence-electron chi connectivity index (χ3n) is 3.20. The Morgan fingerprint density at radius 1 is 1.19 bits per heavy atom. The molecule has 0 saturated carbocycles. The van der Waals surface area contributed by atoms with E-state index in [0.717, 1.165) is 4.47 Å². The number of carboxylic acids is 1. The van der Waals surface area contributed by atoms with E-state index in [-0.39, 0.29) is 24.5 Å². The Hall–Kier alpha value is -0.480. The Morgan fingerprint density at radius 3 is 2.33 bits per heavy atom. The SMILES string of the molecule is O=C(O)CN1CCN(S(=O)(=O)c2ccc(Br)cc2Br)CC1. The van der Waals surface area contributed by atoms with Gasteiger partial charge in [-0.2, -0.15) is 4.31 Å². The smallest absolute Gasteiger partial charge is 0.317 e. The number of benzene rings is 1. The summed E-state index contributed by atoms with van der Waals surface area (Å²) in [4.78, 5) is 12.6. The minimum Gasteiger partial charge on any atom is -0.480 e. The third kappa shape index (κ3) is 4.04. The summed E-state index contributed by atoms with van der Waals surface area (Å²) in [5, 5.41) is 8.75. The predicted molar refractivity (Wildman–Crippen MR) is 84.7 cm³/mol. The number of sulfonamides is 1. The molecule has 1 heterocycles. The molecule has 1 aromatic rings. The highest BCUT2D eigenvalue weighted by molar-refractivity contribution is 9.11. The Labute approximate surface area is 140 Å². The van der Waals surface area contributed by atoms with Crippen LogP contribution in [-0.2, 0) is 14.8 Å². The molecule has 116 valence electrons. The van der Waals surface area contributed by atoms with Crippen molar-refractivity contribution >= 4 is 47.9 Å². The van der Waals surface area contributed by atoms with Gasteiger partial charge in [-0.1, -0.05) is 15.9 Å². The first kappa shape index (κ1) is 16.9. The number of halogens is 2. The van der Waals surface area contributed by atoms with Crippen LogP contribution in [0.15, 0.2) is 32.0 Å². The number of hydrogen-bond donors (Lipinski definition) is 1. The first-order valence-corrected chi connectivity index (χ1v) is 9.22. The van der Waals surface area contributed by atoms with Gasteiger partial charge >= 0.3 is 5.97 Å². The molecule has 0 aliphatic carbocycles. The highest BCUT2D eigenvalue weighted by Crippen LogP contribution is 2.28. The second kappa shape index (κ2) is 6.74. The van der Waals surface area contributed by atoms with Crippen LogP contribution in [-0.4, -0.2) is 61.4 Å². The molecule has 1 aromatic carbocycles. The van der Waals surface area contributed by atoms with E-state index in [4.69, 9.17) is 5.11 Å². The molecule has 1 N–H and O–H groups in total. The molecule has 21 heavy (non-hydrogen) atoms. The van der Waals surface area contributed by atoms with Crippen molar-refractivity contribution in [3.8, 4) is 0 Å². The van der Waals surface area contributed by atoms with Crippen molar-refractivity contribution in [3.63, 3.8) is 0 Å². The van der Waals surface area contributed by atoms with E-state index in [0.29, 0.717) is 17.6 Å². The first-order chi connectivity index (χ1) is 9.80. The van der Waals surface area contributed by atoms with Crippen LogP contribution < -0.4 is 0 Å². The van der Waals surface area contributed by atoms with Crippen LogP contribution in [0.4, 0.5) is 0 Å². The van der Waals surface area contributed by atoms with Crippen molar-refractivity contribution < 1.29 is 18.3 Å². The summed E-state index contributed by atoms with van der Waals surface area (Å²) in [6, 6.07) is 4.92. The zero-order valence-corrected chi connectivity index (χ0v) is 15.0. The Balaban J connectivity index is 2.13.